The van der Waals surface area contributed by atoms with Crippen molar-refractivity contribution in [3.63, 3.8) is 0 Å². The zero-order valence-electron chi connectivity index (χ0n) is 12.1. The van der Waals surface area contributed by atoms with E-state index in [-0.39, 0.29) is 0 Å². The number of nitrogens with one attached hydrogen (secondary N) is 2. The number of fused-ring (bicyclic) bond motifs is 2. The molecule has 2 N–H and O–H groups in total. The molecule has 2 heterocycles. The van der Waals surface area contributed by atoms with E-state index in [0.29, 0.717) is 6.04 Å². The van der Waals surface area contributed by atoms with E-state index in [1.54, 1.807) is 0 Å². The van der Waals surface area contributed by atoms with Crippen LogP contribution in [-0.4, -0.2) is 18.6 Å². The predicted octanol–water partition coefficient (Wildman–Crippen LogP) is 3.97. The van der Waals surface area contributed by atoms with E-state index in [2.05, 4.69) is 63.7 Å². The normalized spacial score (nSPS) is 18.0. The second-order valence-corrected chi connectivity index (χ2v) is 5.59. The first kappa shape index (κ1) is 12.5. The summed E-state index contributed by atoms with van der Waals surface area (Å²) in [6, 6.07) is 17.9. The molecule has 0 saturated carbocycles. The van der Waals surface area contributed by atoms with Gasteiger partial charge in [0.1, 0.15) is 0 Å². The van der Waals surface area contributed by atoms with Gasteiger partial charge in [-0.2, -0.15) is 0 Å². The highest BCUT2D eigenvalue weighted by molar-refractivity contribution is 5.85. The SMILES string of the molecule is CN[C@H]1CCN(c2ccc3[nH]ccc3c2)c2ccccc21. The highest BCUT2D eigenvalue weighted by Gasteiger charge is 2.24. The molecule has 0 fully saturated rings. The summed E-state index contributed by atoms with van der Waals surface area (Å²) in [4.78, 5) is 5.68. The van der Waals surface area contributed by atoms with Crippen molar-refractivity contribution in [3.05, 3.63) is 60.3 Å². The molecular weight excluding hydrogens is 258 g/mol. The van der Waals surface area contributed by atoms with Crippen LogP contribution < -0.4 is 10.2 Å². The van der Waals surface area contributed by atoms with Gasteiger partial charge in [-0.15, -0.1) is 0 Å². The van der Waals surface area contributed by atoms with Gasteiger partial charge in [-0.1, -0.05) is 18.2 Å². The molecule has 3 aromatic rings. The molecule has 3 nitrogen and oxygen atoms in total. The topological polar surface area (TPSA) is 31.1 Å². The number of hydrogen-bond donors (Lipinski definition) is 2. The zero-order valence-corrected chi connectivity index (χ0v) is 12.1. The number of nitrogens with zero attached hydrogens (tertiary/aromatic N) is 1. The minimum atomic E-state index is 0.452. The van der Waals surface area contributed by atoms with Crippen LogP contribution >= 0.6 is 0 Å². The fourth-order valence-corrected chi connectivity index (χ4v) is 3.34. The highest BCUT2D eigenvalue weighted by Crippen LogP contribution is 2.38. The number of aromatic amines is 1. The van der Waals surface area contributed by atoms with Crippen LogP contribution in [0.15, 0.2) is 54.7 Å². The molecule has 0 aliphatic carbocycles. The number of anilines is 2. The van der Waals surface area contributed by atoms with Crippen LogP contribution in [0.4, 0.5) is 11.4 Å². The summed E-state index contributed by atoms with van der Waals surface area (Å²) in [5, 5.41) is 4.69. The Balaban J connectivity index is 1.81. The lowest BCUT2D eigenvalue weighted by Crippen LogP contribution is -2.31. The van der Waals surface area contributed by atoms with Crippen LogP contribution in [-0.2, 0) is 0 Å². The molecule has 2 aromatic carbocycles. The maximum absolute atomic E-state index is 3.43. The van der Waals surface area contributed by atoms with Gasteiger partial charge in [0.05, 0.1) is 0 Å². The Morgan fingerprint density at radius 2 is 2.05 bits per heavy atom. The van der Waals surface area contributed by atoms with Gasteiger partial charge in [-0.05, 0) is 49.4 Å². The molecule has 106 valence electrons. The lowest BCUT2D eigenvalue weighted by Gasteiger charge is -2.35. The Morgan fingerprint density at radius 3 is 2.95 bits per heavy atom. The van der Waals surface area contributed by atoms with Crippen molar-refractivity contribution in [3.8, 4) is 0 Å². The van der Waals surface area contributed by atoms with Gasteiger partial charge in [0.15, 0.2) is 0 Å². The van der Waals surface area contributed by atoms with Crippen molar-refractivity contribution in [2.75, 3.05) is 18.5 Å². The molecule has 0 saturated heterocycles. The third-order valence-electron chi connectivity index (χ3n) is 4.44. The summed E-state index contributed by atoms with van der Waals surface area (Å²) in [5.41, 5.74) is 5.17. The third-order valence-corrected chi connectivity index (χ3v) is 4.44. The van der Waals surface area contributed by atoms with Crippen molar-refractivity contribution < 1.29 is 0 Å². The molecule has 4 rings (SSSR count). The molecular formula is C18H19N3. The largest absolute Gasteiger partial charge is 0.361 e. The Morgan fingerprint density at radius 1 is 1.14 bits per heavy atom. The average Bonchev–Trinajstić information content (AvgIpc) is 3.01. The summed E-state index contributed by atoms with van der Waals surface area (Å²) in [5.74, 6) is 0. The monoisotopic (exact) mass is 277 g/mol. The quantitative estimate of drug-likeness (QED) is 0.742. The summed E-state index contributed by atoms with van der Waals surface area (Å²) in [6.45, 7) is 1.04. The average molecular weight is 277 g/mol. The van der Waals surface area contributed by atoms with Gasteiger partial charge >= 0.3 is 0 Å². The van der Waals surface area contributed by atoms with Crippen LogP contribution in [0.25, 0.3) is 10.9 Å². The Labute approximate surface area is 124 Å². The summed E-state index contributed by atoms with van der Waals surface area (Å²) in [6.07, 6.45) is 3.12. The summed E-state index contributed by atoms with van der Waals surface area (Å²) >= 11 is 0. The standard InChI is InChI=1S/C18H19N3/c1-19-17-9-11-21(18-5-3-2-4-15(17)18)14-6-7-16-13(12-14)8-10-20-16/h2-8,10,12,17,19-20H,9,11H2,1H3/t17-/m0/s1. The molecule has 0 unspecified atom stereocenters. The van der Waals surface area contributed by atoms with Gasteiger partial charge in [0, 0.05) is 41.1 Å². The number of H-pyrrole nitrogens is 1. The second kappa shape index (κ2) is 4.93. The van der Waals surface area contributed by atoms with Crippen LogP contribution in [0.3, 0.4) is 0 Å². The van der Waals surface area contributed by atoms with Crippen molar-refractivity contribution in [2.45, 2.75) is 12.5 Å². The fraction of sp³-hybridized carbons (Fsp3) is 0.222. The van der Waals surface area contributed by atoms with Gasteiger partial charge in [0.2, 0.25) is 0 Å². The number of aromatic nitrogens is 1. The van der Waals surface area contributed by atoms with E-state index in [9.17, 15) is 0 Å². The number of rotatable bonds is 2. The molecule has 1 atom stereocenters. The first-order valence-electron chi connectivity index (χ1n) is 7.48. The molecule has 0 spiro atoms. The van der Waals surface area contributed by atoms with E-state index in [0.717, 1.165) is 13.0 Å². The molecule has 0 bridgehead atoms. The van der Waals surface area contributed by atoms with E-state index >= 15 is 0 Å². The number of para-hydroxylation sites is 1. The Bertz CT molecular complexity index is 775. The summed E-state index contributed by atoms with van der Waals surface area (Å²) < 4.78 is 0. The smallest absolute Gasteiger partial charge is 0.0459 e. The van der Waals surface area contributed by atoms with E-state index in [4.69, 9.17) is 0 Å². The van der Waals surface area contributed by atoms with Crippen molar-refractivity contribution in [1.29, 1.82) is 0 Å². The predicted molar refractivity (Wildman–Crippen MR) is 88.2 cm³/mol. The number of hydrogen-bond acceptors (Lipinski definition) is 2. The van der Waals surface area contributed by atoms with Crippen LogP contribution in [0.5, 0.6) is 0 Å². The minimum Gasteiger partial charge on any atom is -0.361 e. The first-order valence-corrected chi connectivity index (χ1v) is 7.48. The Kier molecular flexibility index (Phi) is 2.93. The van der Waals surface area contributed by atoms with E-state index in [1.165, 1.54) is 27.8 Å². The third kappa shape index (κ3) is 2.01. The van der Waals surface area contributed by atoms with Gasteiger partial charge < -0.3 is 15.2 Å². The maximum Gasteiger partial charge on any atom is 0.0459 e. The molecule has 1 aliphatic rings. The first-order chi connectivity index (χ1) is 10.4. The zero-order chi connectivity index (χ0) is 14.2. The second-order valence-electron chi connectivity index (χ2n) is 5.59. The fourth-order valence-electron chi connectivity index (χ4n) is 3.34. The molecule has 21 heavy (non-hydrogen) atoms. The van der Waals surface area contributed by atoms with Gasteiger partial charge in [-0.3, -0.25) is 0 Å². The van der Waals surface area contributed by atoms with E-state index < -0.39 is 0 Å². The van der Waals surface area contributed by atoms with Crippen LogP contribution in [0, 0.1) is 0 Å². The van der Waals surface area contributed by atoms with Gasteiger partial charge in [-0.25, -0.2) is 0 Å². The van der Waals surface area contributed by atoms with E-state index in [1.807, 2.05) is 13.2 Å². The molecule has 1 aromatic heterocycles. The molecule has 1 aliphatic heterocycles. The van der Waals surface area contributed by atoms with Crippen LogP contribution in [0.1, 0.15) is 18.0 Å². The van der Waals surface area contributed by atoms with Crippen molar-refractivity contribution in [2.24, 2.45) is 0 Å². The van der Waals surface area contributed by atoms with Gasteiger partial charge in [0.25, 0.3) is 0 Å². The molecule has 3 heteroatoms. The van der Waals surface area contributed by atoms with Crippen LogP contribution in [0.2, 0.25) is 0 Å². The molecule has 0 amide bonds. The lowest BCUT2D eigenvalue weighted by atomic mass is 9.96. The maximum atomic E-state index is 3.43. The lowest BCUT2D eigenvalue weighted by molar-refractivity contribution is 0.534. The number of benzene rings is 2. The summed E-state index contributed by atoms with van der Waals surface area (Å²) in [7, 11) is 2.04. The minimum absolute atomic E-state index is 0.452. The Hall–Kier alpha value is -2.26. The van der Waals surface area contributed by atoms with Crippen molar-refractivity contribution in [1.82, 2.24) is 10.3 Å². The molecule has 0 radical (unpaired) electrons. The van der Waals surface area contributed by atoms with Crippen molar-refractivity contribution >= 4 is 22.3 Å². The highest BCUT2D eigenvalue weighted by atomic mass is 15.2.